The summed E-state index contributed by atoms with van der Waals surface area (Å²) >= 11 is 7.66. The molecule has 30 heavy (non-hydrogen) atoms. The lowest BCUT2D eigenvalue weighted by Crippen LogP contribution is -2.11. The van der Waals surface area contributed by atoms with Crippen LogP contribution in [0.4, 0.5) is 5.69 Å². The third kappa shape index (κ3) is 4.69. The van der Waals surface area contributed by atoms with Crippen LogP contribution in [0.15, 0.2) is 78.0 Å². The SMILES string of the molecule is Cc1ccc(NC(=O)c2ccc(CSc3nnnn3-c3ccccc3)cc2)cc1Cl. The van der Waals surface area contributed by atoms with Gasteiger partial charge in [0, 0.05) is 22.0 Å². The third-order valence-electron chi connectivity index (χ3n) is 4.46. The molecule has 6 nitrogen and oxygen atoms in total. The summed E-state index contributed by atoms with van der Waals surface area (Å²) in [6.45, 7) is 1.92. The van der Waals surface area contributed by atoms with Crippen molar-refractivity contribution in [1.82, 2.24) is 20.2 Å². The Bertz CT molecular complexity index is 1160. The van der Waals surface area contributed by atoms with Crippen molar-refractivity contribution in [3.8, 4) is 5.69 Å². The van der Waals surface area contributed by atoms with E-state index in [1.807, 2.05) is 61.5 Å². The molecule has 0 aliphatic heterocycles. The fourth-order valence-corrected chi connectivity index (χ4v) is 3.80. The van der Waals surface area contributed by atoms with Gasteiger partial charge in [0.2, 0.25) is 5.16 Å². The van der Waals surface area contributed by atoms with E-state index in [-0.39, 0.29) is 5.91 Å². The van der Waals surface area contributed by atoms with Crippen molar-refractivity contribution in [3.05, 3.63) is 94.5 Å². The van der Waals surface area contributed by atoms with E-state index in [0.717, 1.165) is 16.8 Å². The number of amides is 1. The molecule has 0 spiro atoms. The first kappa shape index (κ1) is 20.1. The van der Waals surface area contributed by atoms with Crippen LogP contribution >= 0.6 is 23.4 Å². The Morgan fingerprint density at radius 2 is 1.83 bits per heavy atom. The van der Waals surface area contributed by atoms with Gasteiger partial charge in [0.1, 0.15) is 0 Å². The minimum Gasteiger partial charge on any atom is -0.322 e. The maximum Gasteiger partial charge on any atom is 0.255 e. The van der Waals surface area contributed by atoms with Gasteiger partial charge >= 0.3 is 0 Å². The largest absolute Gasteiger partial charge is 0.322 e. The number of aromatic nitrogens is 4. The van der Waals surface area contributed by atoms with Gasteiger partial charge in [0.25, 0.3) is 5.91 Å². The normalized spacial score (nSPS) is 10.7. The number of nitrogens with zero attached hydrogens (tertiary/aromatic N) is 4. The Balaban J connectivity index is 1.39. The van der Waals surface area contributed by atoms with Crippen molar-refractivity contribution in [2.45, 2.75) is 17.8 Å². The Labute approximate surface area is 183 Å². The number of rotatable bonds is 6. The number of hydrogen-bond acceptors (Lipinski definition) is 5. The van der Waals surface area contributed by atoms with Gasteiger partial charge in [-0.1, -0.05) is 59.8 Å². The molecule has 0 fully saturated rings. The smallest absolute Gasteiger partial charge is 0.255 e. The monoisotopic (exact) mass is 435 g/mol. The lowest BCUT2D eigenvalue weighted by molar-refractivity contribution is 0.102. The van der Waals surface area contributed by atoms with Gasteiger partial charge in [0.15, 0.2) is 0 Å². The number of benzene rings is 3. The first-order valence-electron chi connectivity index (χ1n) is 9.23. The number of halogens is 1. The Morgan fingerprint density at radius 1 is 1.07 bits per heavy atom. The van der Waals surface area contributed by atoms with Gasteiger partial charge in [0.05, 0.1) is 5.69 Å². The van der Waals surface area contributed by atoms with E-state index in [9.17, 15) is 4.79 Å². The predicted octanol–water partition coefficient (Wildman–Crippen LogP) is 5.17. The van der Waals surface area contributed by atoms with Crippen LogP contribution in [0.3, 0.4) is 0 Å². The van der Waals surface area contributed by atoms with Crippen LogP contribution in [0.25, 0.3) is 5.69 Å². The molecule has 1 amide bonds. The van der Waals surface area contributed by atoms with Gasteiger partial charge < -0.3 is 5.32 Å². The molecule has 0 aliphatic rings. The molecule has 0 radical (unpaired) electrons. The summed E-state index contributed by atoms with van der Waals surface area (Å²) in [5, 5.41) is 16.1. The van der Waals surface area contributed by atoms with Crippen molar-refractivity contribution in [2.24, 2.45) is 0 Å². The second kappa shape index (κ2) is 9.11. The number of anilines is 1. The molecule has 150 valence electrons. The van der Waals surface area contributed by atoms with E-state index in [4.69, 9.17) is 11.6 Å². The second-order valence-electron chi connectivity index (χ2n) is 6.61. The van der Waals surface area contributed by atoms with Crippen LogP contribution in [0, 0.1) is 6.92 Å². The molecule has 0 aliphatic carbocycles. The zero-order valence-electron chi connectivity index (χ0n) is 16.1. The molecule has 0 bridgehead atoms. The number of carbonyl (C=O) groups is 1. The molecule has 3 aromatic carbocycles. The molecular formula is C22H18ClN5OS. The van der Waals surface area contributed by atoms with Crippen LogP contribution in [0.2, 0.25) is 5.02 Å². The molecular weight excluding hydrogens is 418 g/mol. The van der Waals surface area contributed by atoms with Crippen LogP contribution in [-0.2, 0) is 5.75 Å². The third-order valence-corrected chi connectivity index (χ3v) is 5.85. The molecule has 1 heterocycles. The van der Waals surface area contributed by atoms with E-state index < -0.39 is 0 Å². The summed E-state index contributed by atoms with van der Waals surface area (Å²) in [5.74, 6) is 0.505. The zero-order valence-corrected chi connectivity index (χ0v) is 17.7. The number of thioether (sulfide) groups is 1. The maximum absolute atomic E-state index is 12.5. The second-order valence-corrected chi connectivity index (χ2v) is 7.96. The average molecular weight is 436 g/mol. The highest BCUT2D eigenvalue weighted by atomic mass is 35.5. The van der Waals surface area contributed by atoms with E-state index >= 15 is 0 Å². The number of para-hydroxylation sites is 1. The zero-order chi connectivity index (χ0) is 20.9. The van der Waals surface area contributed by atoms with Gasteiger partial charge in [-0.15, -0.1) is 5.10 Å². The number of carbonyl (C=O) groups excluding carboxylic acids is 1. The van der Waals surface area contributed by atoms with Crippen molar-refractivity contribution in [1.29, 1.82) is 0 Å². The van der Waals surface area contributed by atoms with Crippen LogP contribution in [0.1, 0.15) is 21.5 Å². The molecule has 4 aromatic rings. The molecule has 0 saturated heterocycles. The minimum absolute atomic E-state index is 0.179. The van der Waals surface area contributed by atoms with E-state index in [2.05, 4.69) is 20.8 Å². The highest BCUT2D eigenvalue weighted by Crippen LogP contribution is 2.23. The number of tetrazole rings is 1. The Kier molecular flexibility index (Phi) is 6.11. The van der Waals surface area contributed by atoms with Crippen molar-refractivity contribution in [3.63, 3.8) is 0 Å². The molecule has 1 N–H and O–H groups in total. The van der Waals surface area contributed by atoms with E-state index in [0.29, 0.717) is 27.2 Å². The fourth-order valence-electron chi connectivity index (χ4n) is 2.77. The minimum atomic E-state index is -0.179. The number of nitrogens with one attached hydrogen (secondary N) is 1. The van der Waals surface area contributed by atoms with Gasteiger partial charge in [-0.3, -0.25) is 4.79 Å². The number of hydrogen-bond donors (Lipinski definition) is 1. The molecule has 0 atom stereocenters. The summed E-state index contributed by atoms with van der Waals surface area (Å²) in [6.07, 6.45) is 0. The summed E-state index contributed by atoms with van der Waals surface area (Å²) in [7, 11) is 0. The predicted molar refractivity (Wildman–Crippen MR) is 119 cm³/mol. The quantitative estimate of drug-likeness (QED) is 0.423. The summed E-state index contributed by atoms with van der Waals surface area (Å²) in [5.41, 5.74) is 4.19. The van der Waals surface area contributed by atoms with Gasteiger partial charge in [-0.25, -0.2) is 0 Å². The first-order valence-corrected chi connectivity index (χ1v) is 10.6. The lowest BCUT2D eigenvalue weighted by Gasteiger charge is -2.08. The van der Waals surface area contributed by atoms with E-state index in [1.54, 1.807) is 22.9 Å². The van der Waals surface area contributed by atoms with Crippen molar-refractivity contribution in [2.75, 3.05) is 5.32 Å². The average Bonchev–Trinajstić information content (AvgIpc) is 3.24. The maximum atomic E-state index is 12.5. The summed E-state index contributed by atoms with van der Waals surface area (Å²) < 4.78 is 1.71. The van der Waals surface area contributed by atoms with Crippen molar-refractivity contribution >= 4 is 35.0 Å². The molecule has 8 heteroatoms. The standard InChI is InChI=1S/C22H18ClN5OS/c1-15-7-12-18(13-20(15)23)24-21(29)17-10-8-16(9-11-17)14-30-22-25-26-27-28(22)19-5-3-2-4-6-19/h2-13H,14H2,1H3,(H,24,29). The Morgan fingerprint density at radius 3 is 2.57 bits per heavy atom. The highest BCUT2D eigenvalue weighted by molar-refractivity contribution is 7.98. The lowest BCUT2D eigenvalue weighted by atomic mass is 10.1. The van der Waals surface area contributed by atoms with Gasteiger partial charge in [-0.2, -0.15) is 4.68 Å². The number of aryl methyl sites for hydroxylation is 1. The molecule has 0 unspecified atom stereocenters. The van der Waals surface area contributed by atoms with Crippen molar-refractivity contribution < 1.29 is 4.79 Å². The molecule has 0 saturated carbocycles. The topological polar surface area (TPSA) is 72.7 Å². The van der Waals surface area contributed by atoms with Gasteiger partial charge in [-0.05, 0) is 64.9 Å². The molecule has 1 aromatic heterocycles. The summed E-state index contributed by atoms with van der Waals surface area (Å²) in [6, 6.07) is 22.7. The fraction of sp³-hybridized carbons (Fsp3) is 0.0909. The highest BCUT2D eigenvalue weighted by Gasteiger charge is 2.10. The van der Waals surface area contributed by atoms with Crippen LogP contribution in [0.5, 0.6) is 0 Å². The Hall–Kier alpha value is -3.16. The van der Waals surface area contributed by atoms with Crippen LogP contribution in [-0.4, -0.2) is 26.1 Å². The van der Waals surface area contributed by atoms with Crippen LogP contribution < -0.4 is 5.32 Å². The first-order chi connectivity index (χ1) is 14.6. The van der Waals surface area contributed by atoms with E-state index in [1.165, 1.54) is 11.8 Å². The molecule has 4 rings (SSSR count). The summed E-state index contributed by atoms with van der Waals surface area (Å²) in [4.78, 5) is 12.5.